The van der Waals surface area contributed by atoms with E-state index in [1.54, 1.807) is 12.4 Å². The predicted molar refractivity (Wildman–Crippen MR) is 75.0 cm³/mol. The summed E-state index contributed by atoms with van der Waals surface area (Å²) in [7, 11) is 0. The molecule has 20 heavy (non-hydrogen) atoms. The zero-order valence-electron chi connectivity index (χ0n) is 10.5. The molecular formula is C13H12N4O2S. The number of carbonyl (C=O) groups excluding carboxylic acids is 2. The average Bonchev–Trinajstić information content (AvgIpc) is 3.06. The average molecular weight is 288 g/mol. The Morgan fingerprint density at radius 2 is 2.35 bits per heavy atom. The van der Waals surface area contributed by atoms with Gasteiger partial charge in [-0.3, -0.25) is 19.5 Å². The zero-order valence-corrected chi connectivity index (χ0v) is 11.3. The lowest BCUT2D eigenvalue weighted by Gasteiger charge is -2.11. The second-order valence-corrected chi connectivity index (χ2v) is 5.40. The maximum absolute atomic E-state index is 11.9. The first-order valence-corrected chi connectivity index (χ1v) is 6.98. The number of anilines is 1. The van der Waals surface area contributed by atoms with Crippen molar-refractivity contribution in [3.05, 3.63) is 29.9 Å². The van der Waals surface area contributed by atoms with E-state index < -0.39 is 11.8 Å². The van der Waals surface area contributed by atoms with Crippen LogP contribution in [0.2, 0.25) is 0 Å². The topological polar surface area (TPSA) is 89.2 Å². The van der Waals surface area contributed by atoms with Gasteiger partial charge in [0.1, 0.15) is 0 Å². The number of rotatable bonds is 3. The van der Waals surface area contributed by atoms with E-state index in [9.17, 15) is 9.59 Å². The summed E-state index contributed by atoms with van der Waals surface area (Å²) in [5.41, 5.74) is 6.92. The third-order valence-electron chi connectivity index (χ3n) is 3.21. The van der Waals surface area contributed by atoms with Crippen molar-refractivity contribution in [1.29, 1.82) is 0 Å². The Bertz CT molecular complexity index is 655. The fourth-order valence-corrected chi connectivity index (χ4v) is 2.98. The molecule has 7 heteroatoms. The summed E-state index contributed by atoms with van der Waals surface area (Å²) < 4.78 is 0. The Morgan fingerprint density at radius 1 is 1.50 bits per heavy atom. The predicted octanol–water partition coefficient (Wildman–Crippen LogP) is 1.04. The molecule has 1 saturated heterocycles. The van der Waals surface area contributed by atoms with Crippen LogP contribution in [0.3, 0.4) is 0 Å². The van der Waals surface area contributed by atoms with E-state index in [2.05, 4.69) is 9.97 Å². The van der Waals surface area contributed by atoms with Gasteiger partial charge in [-0.2, -0.15) is 0 Å². The number of aromatic nitrogens is 2. The molecule has 6 nitrogen and oxygen atoms in total. The van der Waals surface area contributed by atoms with E-state index >= 15 is 0 Å². The molecule has 3 heterocycles. The summed E-state index contributed by atoms with van der Waals surface area (Å²) in [6.07, 6.45) is 3.58. The van der Waals surface area contributed by atoms with Crippen LogP contribution in [0.25, 0.3) is 11.3 Å². The molecule has 0 radical (unpaired) electrons. The molecule has 2 aromatic rings. The van der Waals surface area contributed by atoms with Crippen LogP contribution in [0, 0.1) is 5.92 Å². The lowest BCUT2D eigenvalue weighted by Crippen LogP contribution is -2.28. The van der Waals surface area contributed by atoms with Gasteiger partial charge in [0, 0.05) is 36.3 Å². The number of thiazole rings is 1. The summed E-state index contributed by atoms with van der Waals surface area (Å²) >= 11 is 1.37. The van der Waals surface area contributed by atoms with Crippen molar-refractivity contribution in [2.24, 2.45) is 11.7 Å². The van der Waals surface area contributed by atoms with Gasteiger partial charge < -0.3 is 5.73 Å². The second kappa shape index (κ2) is 5.01. The van der Waals surface area contributed by atoms with Gasteiger partial charge >= 0.3 is 0 Å². The van der Waals surface area contributed by atoms with Gasteiger partial charge in [0.25, 0.3) is 0 Å². The van der Waals surface area contributed by atoms with Crippen molar-refractivity contribution in [2.75, 3.05) is 11.4 Å². The van der Waals surface area contributed by atoms with E-state index in [1.807, 2.05) is 17.5 Å². The van der Waals surface area contributed by atoms with Crippen molar-refractivity contribution in [3.8, 4) is 11.3 Å². The molecule has 0 saturated carbocycles. The number of nitrogens with two attached hydrogens (primary N) is 1. The minimum atomic E-state index is -0.440. The van der Waals surface area contributed by atoms with Crippen LogP contribution in [-0.2, 0) is 9.59 Å². The smallest absolute Gasteiger partial charge is 0.229 e. The molecule has 102 valence electrons. The number of nitrogens with zero attached hydrogens (tertiary/aromatic N) is 3. The Labute approximate surface area is 119 Å². The molecule has 2 N–H and O–H groups in total. The lowest BCUT2D eigenvalue weighted by molar-refractivity contribution is -0.123. The molecular weight excluding hydrogens is 276 g/mol. The van der Waals surface area contributed by atoms with E-state index in [4.69, 9.17) is 5.73 Å². The molecule has 2 aromatic heterocycles. The van der Waals surface area contributed by atoms with Crippen LogP contribution in [0.4, 0.5) is 5.13 Å². The van der Waals surface area contributed by atoms with Crippen LogP contribution in [0.15, 0.2) is 29.9 Å². The monoisotopic (exact) mass is 288 g/mol. The van der Waals surface area contributed by atoms with Gasteiger partial charge in [0.05, 0.1) is 11.6 Å². The van der Waals surface area contributed by atoms with Crippen molar-refractivity contribution < 1.29 is 9.59 Å². The molecule has 1 aliphatic heterocycles. The number of primary amides is 1. The first kappa shape index (κ1) is 12.7. The number of hydrogen-bond acceptors (Lipinski definition) is 5. The van der Waals surface area contributed by atoms with Crippen LogP contribution < -0.4 is 10.6 Å². The standard InChI is InChI=1S/C13H12N4O2S/c14-12(19)9-4-11(18)17(6-9)13-16-10(7-20-13)8-2-1-3-15-5-8/h1-3,5,7,9H,4,6H2,(H2,14,19). The highest BCUT2D eigenvalue weighted by molar-refractivity contribution is 7.14. The summed E-state index contributed by atoms with van der Waals surface area (Å²) in [5, 5.41) is 2.47. The minimum absolute atomic E-state index is 0.110. The molecule has 3 rings (SSSR count). The van der Waals surface area contributed by atoms with E-state index in [0.717, 1.165) is 11.3 Å². The fraction of sp³-hybridized carbons (Fsp3) is 0.231. The van der Waals surface area contributed by atoms with Gasteiger partial charge in [-0.05, 0) is 12.1 Å². The molecule has 1 atom stereocenters. The largest absolute Gasteiger partial charge is 0.369 e. The first-order chi connectivity index (χ1) is 9.65. The van der Waals surface area contributed by atoms with Crippen molar-refractivity contribution in [3.63, 3.8) is 0 Å². The molecule has 0 aliphatic carbocycles. The summed E-state index contributed by atoms with van der Waals surface area (Å²) in [6.45, 7) is 0.314. The van der Waals surface area contributed by atoms with E-state index in [-0.39, 0.29) is 12.3 Å². The van der Waals surface area contributed by atoms with Crippen LogP contribution in [0.5, 0.6) is 0 Å². The van der Waals surface area contributed by atoms with Gasteiger partial charge in [0.2, 0.25) is 11.8 Å². The zero-order chi connectivity index (χ0) is 14.1. The maximum atomic E-state index is 11.9. The number of amides is 2. The SMILES string of the molecule is NC(=O)C1CC(=O)N(c2nc(-c3cccnc3)cs2)C1. The highest BCUT2D eigenvalue weighted by atomic mass is 32.1. The number of pyridine rings is 1. The minimum Gasteiger partial charge on any atom is -0.369 e. The van der Waals surface area contributed by atoms with Gasteiger partial charge in [-0.1, -0.05) is 0 Å². The molecule has 1 unspecified atom stereocenters. The third-order valence-corrected chi connectivity index (χ3v) is 4.07. The Balaban J connectivity index is 1.84. The quantitative estimate of drug-likeness (QED) is 0.914. The fourth-order valence-electron chi connectivity index (χ4n) is 2.12. The normalized spacial score (nSPS) is 18.5. The summed E-state index contributed by atoms with van der Waals surface area (Å²) in [6, 6.07) is 3.74. The third kappa shape index (κ3) is 2.27. The number of carbonyl (C=O) groups is 2. The summed E-state index contributed by atoms with van der Waals surface area (Å²) in [4.78, 5) is 33.1. The lowest BCUT2D eigenvalue weighted by atomic mass is 10.1. The van der Waals surface area contributed by atoms with Crippen molar-refractivity contribution >= 4 is 28.3 Å². The molecule has 0 spiro atoms. The van der Waals surface area contributed by atoms with Crippen LogP contribution >= 0.6 is 11.3 Å². The molecule has 1 aliphatic rings. The first-order valence-electron chi connectivity index (χ1n) is 6.11. The van der Waals surface area contributed by atoms with Gasteiger partial charge in [0.15, 0.2) is 5.13 Å². The molecule has 0 aromatic carbocycles. The van der Waals surface area contributed by atoms with Crippen molar-refractivity contribution in [1.82, 2.24) is 9.97 Å². The Kier molecular flexibility index (Phi) is 3.19. The van der Waals surface area contributed by atoms with E-state index in [1.165, 1.54) is 16.2 Å². The van der Waals surface area contributed by atoms with Crippen LogP contribution in [-0.4, -0.2) is 28.3 Å². The highest BCUT2D eigenvalue weighted by Crippen LogP contribution is 2.31. The second-order valence-electron chi connectivity index (χ2n) is 4.56. The molecule has 0 bridgehead atoms. The maximum Gasteiger partial charge on any atom is 0.229 e. The van der Waals surface area contributed by atoms with Crippen molar-refractivity contribution in [2.45, 2.75) is 6.42 Å². The summed E-state index contributed by atoms with van der Waals surface area (Å²) in [5.74, 6) is -0.973. The molecule has 2 amide bonds. The van der Waals surface area contributed by atoms with E-state index in [0.29, 0.717) is 11.7 Å². The Morgan fingerprint density at radius 3 is 3.00 bits per heavy atom. The Hall–Kier alpha value is -2.28. The highest BCUT2D eigenvalue weighted by Gasteiger charge is 2.35. The molecule has 1 fully saturated rings. The van der Waals surface area contributed by atoms with Gasteiger partial charge in [-0.25, -0.2) is 4.98 Å². The number of hydrogen-bond donors (Lipinski definition) is 1. The van der Waals surface area contributed by atoms with Crippen LogP contribution in [0.1, 0.15) is 6.42 Å². The van der Waals surface area contributed by atoms with Gasteiger partial charge in [-0.15, -0.1) is 11.3 Å².